The number of aromatic nitrogens is 2. The summed E-state index contributed by atoms with van der Waals surface area (Å²) in [6.45, 7) is 1.27. The van der Waals surface area contributed by atoms with Crippen LogP contribution in [-0.4, -0.2) is 58.5 Å². The minimum Gasteiger partial charge on any atom is -0.350 e. The molecule has 1 fully saturated rings. The van der Waals surface area contributed by atoms with Gasteiger partial charge in [0.15, 0.2) is 6.23 Å². The molecule has 3 atom stereocenters. The van der Waals surface area contributed by atoms with Gasteiger partial charge in [0, 0.05) is 31.4 Å². The lowest BCUT2D eigenvalue weighted by molar-refractivity contribution is -0.148. The summed E-state index contributed by atoms with van der Waals surface area (Å²) in [4.78, 5) is 30.2. The fourth-order valence-corrected chi connectivity index (χ4v) is 7.71. The van der Waals surface area contributed by atoms with E-state index in [4.69, 9.17) is 20.5 Å². The van der Waals surface area contributed by atoms with Crippen LogP contribution < -0.4 is 11.2 Å². The first-order chi connectivity index (χ1) is 22.7. The number of aromatic amines is 1. The summed E-state index contributed by atoms with van der Waals surface area (Å²) in [5.41, 5.74) is 1.62. The highest BCUT2D eigenvalue weighted by Gasteiger charge is 2.47. The average Bonchev–Trinajstić information content (AvgIpc) is 3.09. The SMILES string of the molecule is CCCCCCN(C)P(=O)(Cl)OC[C@@H]1CN(C(c2ccccc2)(c2ccccc2)c2ccccc2)C[C@H](n2cc(C)c(=O)[nH]c2=O)O1. The monoisotopic (exact) mass is 678 g/mol. The van der Waals surface area contributed by atoms with Crippen LogP contribution in [0.5, 0.6) is 0 Å². The Bertz CT molecular complexity index is 1660. The number of H-pyrrole nitrogens is 1. The second kappa shape index (κ2) is 15.7. The van der Waals surface area contributed by atoms with Crippen molar-refractivity contribution in [1.82, 2.24) is 19.1 Å². The third kappa shape index (κ3) is 7.89. The lowest BCUT2D eigenvalue weighted by Gasteiger charge is -2.50. The van der Waals surface area contributed by atoms with Gasteiger partial charge in [0.1, 0.15) is 0 Å². The van der Waals surface area contributed by atoms with Gasteiger partial charge in [-0.25, -0.2) is 9.46 Å². The molecule has 1 N–H and O–H groups in total. The zero-order chi connectivity index (χ0) is 33.4. The van der Waals surface area contributed by atoms with Crippen LogP contribution in [0.15, 0.2) is 107 Å². The van der Waals surface area contributed by atoms with Crippen molar-refractivity contribution in [1.29, 1.82) is 0 Å². The number of halogens is 1. The van der Waals surface area contributed by atoms with Crippen LogP contribution in [0, 0.1) is 6.92 Å². The summed E-state index contributed by atoms with van der Waals surface area (Å²) in [5.74, 6) is 0. The molecule has 11 heteroatoms. The Morgan fingerprint density at radius 2 is 1.47 bits per heavy atom. The molecular weight excluding hydrogens is 635 g/mol. The highest BCUT2D eigenvalue weighted by atomic mass is 35.7. The van der Waals surface area contributed by atoms with E-state index in [0.717, 1.165) is 42.4 Å². The standard InChI is InChI=1S/C36H44ClN4O5P/c1-4-5-6-16-23-39(3)47(37,44)45-27-32-25-40(26-33(46-32)41-24-28(2)34(42)38-35(41)43)36(29-17-10-7-11-18-29,30-19-12-8-13-20-30)31-21-14-9-15-22-31/h7-15,17-22,24,32-33H,4-6,16,23,25-27H2,1-3H3,(H,38,42,43)/t32-,33+,47?/m0/s1. The summed E-state index contributed by atoms with van der Waals surface area (Å²) in [7, 11) is 1.71. The molecule has 1 saturated heterocycles. The van der Waals surface area contributed by atoms with Crippen molar-refractivity contribution in [2.24, 2.45) is 0 Å². The number of aryl methyl sites for hydroxylation is 1. The predicted molar refractivity (Wildman–Crippen MR) is 187 cm³/mol. The number of nitrogens with one attached hydrogen (secondary N) is 1. The molecule has 1 aromatic heterocycles. The zero-order valence-corrected chi connectivity index (χ0v) is 28.9. The van der Waals surface area contributed by atoms with Crippen molar-refractivity contribution in [3.05, 3.63) is 140 Å². The highest BCUT2D eigenvalue weighted by Crippen LogP contribution is 2.55. The molecule has 2 heterocycles. The van der Waals surface area contributed by atoms with Gasteiger partial charge in [0.05, 0.1) is 18.2 Å². The van der Waals surface area contributed by atoms with E-state index in [-0.39, 0.29) is 13.2 Å². The summed E-state index contributed by atoms with van der Waals surface area (Å²) < 4.78 is 29.1. The topological polar surface area (TPSA) is 96.9 Å². The number of nitrogens with zero attached hydrogens (tertiary/aromatic N) is 3. The van der Waals surface area contributed by atoms with Gasteiger partial charge < -0.3 is 9.26 Å². The molecule has 5 rings (SSSR count). The maximum Gasteiger partial charge on any atom is 0.362 e. The van der Waals surface area contributed by atoms with Crippen LogP contribution in [0.4, 0.5) is 0 Å². The zero-order valence-electron chi connectivity index (χ0n) is 27.3. The molecule has 250 valence electrons. The number of hydrogen-bond acceptors (Lipinski definition) is 6. The fraction of sp³-hybridized carbons (Fsp3) is 0.389. The quantitative estimate of drug-likeness (QED) is 0.0880. The Balaban J connectivity index is 1.59. The molecule has 0 radical (unpaired) electrons. The fourth-order valence-electron chi connectivity index (χ4n) is 6.38. The molecule has 1 aliphatic heterocycles. The van der Waals surface area contributed by atoms with Crippen LogP contribution in [0.1, 0.15) is 61.1 Å². The van der Waals surface area contributed by atoms with Gasteiger partial charge in [-0.2, -0.15) is 0 Å². The Labute approximate surface area is 281 Å². The van der Waals surface area contributed by atoms with Gasteiger partial charge >= 0.3 is 12.6 Å². The first-order valence-electron chi connectivity index (χ1n) is 16.2. The van der Waals surface area contributed by atoms with Crippen molar-refractivity contribution in [2.45, 2.75) is 57.4 Å². The van der Waals surface area contributed by atoms with Crippen LogP contribution >= 0.6 is 18.1 Å². The van der Waals surface area contributed by atoms with E-state index in [1.807, 2.05) is 54.6 Å². The minimum absolute atomic E-state index is 0.0708. The lowest BCUT2D eigenvalue weighted by atomic mass is 9.75. The number of benzene rings is 3. The lowest BCUT2D eigenvalue weighted by Crippen LogP contribution is -2.58. The van der Waals surface area contributed by atoms with Crippen LogP contribution in [0.3, 0.4) is 0 Å². The van der Waals surface area contributed by atoms with Gasteiger partial charge in [-0.15, -0.1) is 0 Å². The molecule has 0 spiro atoms. The number of hydrogen-bond donors (Lipinski definition) is 1. The molecule has 47 heavy (non-hydrogen) atoms. The first kappa shape index (κ1) is 35.0. The Morgan fingerprint density at radius 3 is 2.00 bits per heavy atom. The van der Waals surface area contributed by atoms with Gasteiger partial charge in [-0.1, -0.05) is 117 Å². The van der Waals surface area contributed by atoms with Gasteiger partial charge in [-0.3, -0.25) is 23.8 Å². The molecular formula is C36H44ClN4O5P. The van der Waals surface area contributed by atoms with Gasteiger partial charge in [-0.05, 0) is 48.3 Å². The predicted octanol–water partition coefficient (Wildman–Crippen LogP) is 6.91. The number of unbranched alkanes of at least 4 members (excludes halogenated alkanes) is 3. The van der Waals surface area contributed by atoms with Gasteiger partial charge in [0.25, 0.3) is 5.56 Å². The molecule has 4 aromatic rings. The van der Waals surface area contributed by atoms with Gasteiger partial charge in [0.2, 0.25) is 0 Å². The Hall–Kier alpha value is -3.30. The maximum absolute atomic E-state index is 13.6. The van der Waals surface area contributed by atoms with E-state index in [1.54, 1.807) is 18.6 Å². The molecule has 0 bridgehead atoms. The smallest absolute Gasteiger partial charge is 0.350 e. The average molecular weight is 679 g/mol. The second-order valence-electron chi connectivity index (χ2n) is 12.1. The normalized spacial score (nSPS) is 18.7. The van der Waals surface area contributed by atoms with Crippen molar-refractivity contribution < 1.29 is 13.8 Å². The maximum atomic E-state index is 13.6. The number of ether oxygens (including phenoxy) is 1. The molecule has 9 nitrogen and oxygen atoms in total. The van der Waals surface area contributed by atoms with E-state index >= 15 is 0 Å². The van der Waals surface area contributed by atoms with Crippen molar-refractivity contribution in [3.8, 4) is 0 Å². The van der Waals surface area contributed by atoms with E-state index in [1.165, 1.54) is 10.8 Å². The molecule has 0 saturated carbocycles. The first-order valence-corrected chi connectivity index (χ1v) is 18.7. The van der Waals surface area contributed by atoms with Crippen LogP contribution in [0.25, 0.3) is 0 Å². The van der Waals surface area contributed by atoms with Crippen molar-refractivity contribution >= 4 is 18.1 Å². The largest absolute Gasteiger partial charge is 0.362 e. The molecule has 0 aliphatic carbocycles. The third-order valence-corrected chi connectivity index (χ3v) is 11.4. The van der Waals surface area contributed by atoms with E-state index in [2.05, 4.69) is 53.2 Å². The van der Waals surface area contributed by atoms with Crippen molar-refractivity contribution in [3.63, 3.8) is 0 Å². The van der Waals surface area contributed by atoms with E-state index < -0.39 is 36.0 Å². The number of rotatable bonds is 14. The molecule has 0 amide bonds. The highest BCUT2D eigenvalue weighted by molar-refractivity contribution is 7.83. The van der Waals surface area contributed by atoms with E-state index in [9.17, 15) is 14.2 Å². The Kier molecular flexibility index (Phi) is 11.7. The number of morpholine rings is 1. The third-order valence-electron chi connectivity index (χ3n) is 8.82. The summed E-state index contributed by atoms with van der Waals surface area (Å²) in [5, 5.41) is 0. The minimum atomic E-state index is -3.66. The molecule has 3 aromatic carbocycles. The summed E-state index contributed by atoms with van der Waals surface area (Å²) in [6.07, 6.45) is 4.17. The van der Waals surface area contributed by atoms with Crippen LogP contribution in [0.2, 0.25) is 0 Å². The summed E-state index contributed by atoms with van der Waals surface area (Å²) in [6, 6.07) is 30.7. The second-order valence-corrected chi connectivity index (χ2v) is 15.2. The molecule has 1 unspecified atom stereocenters. The summed E-state index contributed by atoms with van der Waals surface area (Å²) >= 11 is 6.54. The van der Waals surface area contributed by atoms with E-state index in [0.29, 0.717) is 18.7 Å². The molecule has 1 aliphatic rings. The Morgan fingerprint density at radius 1 is 0.915 bits per heavy atom. The van der Waals surface area contributed by atoms with Crippen molar-refractivity contribution in [2.75, 3.05) is 33.3 Å². The van der Waals surface area contributed by atoms with Crippen LogP contribution in [-0.2, 0) is 19.4 Å².